The minimum Gasteiger partial charge on any atom is -0.495 e. The van der Waals surface area contributed by atoms with Crippen molar-refractivity contribution in [3.8, 4) is 5.75 Å². The second-order valence-corrected chi connectivity index (χ2v) is 7.76. The van der Waals surface area contributed by atoms with Crippen molar-refractivity contribution in [1.29, 1.82) is 0 Å². The van der Waals surface area contributed by atoms with Gasteiger partial charge < -0.3 is 14.5 Å². The fraction of sp³-hybridized carbons (Fsp3) is 0.421. The molecule has 3 heterocycles. The van der Waals surface area contributed by atoms with Crippen LogP contribution in [0.1, 0.15) is 17.6 Å². The van der Waals surface area contributed by atoms with Crippen LogP contribution < -0.4 is 20.1 Å². The average Bonchev–Trinajstić information content (AvgIpc) is 3.12. The van der Waals surface area contributed by atoms with E-state index in [-0.39, 0.29) is 5.56 Å². The number of aromatic nitrogens is 3. The quantitative estimate of drug-likeness (QED) is 0.697. The number of aryl methyl sites for hydroxylation is 1. The highest BCUT2D eigenvalue weighted by molar-refractivity contribution is 7.16. The van der Waals surface area contributed by atoms with E-state index in [9.17, 15) is 4.79 Å². The van der Waals surface area contributed by atoms with E-state index in [2.05, 4.69) is 21.0 Å². The predicted octanol–water partition coefficient (Wildman–Crippen LogP) is 0.627. The molecule has 3 aromatic rings. The normalized spacial score (nSPS) is 15.4. The Hall–Kier alpha value is -2.45. The Kier molecular flexibility index (Phi) is 5.09. The molecule has 142 valence electrons. The number of quaternary nitrogens is 1. The minimum atomic E-state index is -0.0852. The monoisotopic (exact) mass is 386 g/mol. The van der Waals surface area contributed by atoms with Gasteiger partial charge in [0.2, 0.25) is 4.96 Å². The lowest BCUT2D eigenvalue weighted by atomic mass is 10.2. The molecule has 1 fully saturated rings. The third-order valence-corrected chi connectivity index (χ3v) is 6.02. The fourth-order valence-corrected chi connectivity index (χ4v) is 4.37. The lowest BCUT2D eigenvalue weighted by molar-refractivity contribution is -0.914. The number of ether oxygens (including phenoxy) is 1. The molecule has 0 spiro atoms. The fourth-order valence-electron chi connectivity index (χ4n) is 3.52. The molecule has 1 saturated heterocycles. The van der Waals surface area contributed by atoms with E-state index in [1.807, 2.05) is 25.1 Å². The van der Waals surface area contributed by atoms with E-state index in [1.54, 1.807) is 13.2 Å². The first-order valence-electron chi connectivity index (χ1n) is 9.28. The summed E-state index contributed by atoms with van der Waals surface area (Å²) in [6.45, 7) is 6.72. The summed E-state index contributed by atoms with van der Waals surface area (Å²) in [7, 11) is 1.71. The highest BCUT2D eigenvalue weighted by atomic mass is 32.1. The van der Waals surface area contributed by atoms with Gasteiger partial charge in [-0.05, 0) is 18.6 Å². The summed E-state index contributed by atoms with van der Waals surface area (Å²) in [6.07, 6.45) is 0.818. The lowest BCUT2D eigenvalue weighted by Crippen LogP contribution is -3.13. The maximum Gasteiger partial charge on any atom is 0.275 e. The number of anilines is 1. The van der Waals surface area contributed by atoms with Gasteiger partial charge in [0.25, 0.3) is 5.56 Å². The number of para-hydroxylation sites is 2. The summed E-state index contributed by atoms with van der Waals surface area (Å²) in [6, 6.07) is 9.78. The highest BCUT2D eigenvalue weighted by Gasteiger charge is 2.23. The Balaban J connectivity index is 1.45. The van der Waals surface area contributed by atoms with Crippen LogP contribution in [0.25, 0.3) is 4.96 Å². The number of fused-ring (bicyclic) bond motifs is 1. The van der Waals surface area contributed by atoms with Crippen LogP contribution in [0.3, 0.4) is 0 Å². The van der Waals surface area contributed by atoms with Gasteiger partial charge in [-0.2, -0.15) is 9.61 Å². The molecule has 7 nitrogen and oxygen atoms in total. The first kappa shape index (κ1) is 17.9. The lowest BCUT2D eigenvalue weighted by Gasteiger charge is -2.34. The largest absolute Gasteiger partial charge is 0.495 e. The van der Waals surface area contributed by atoms with Crippen molar-refractivity contribution in [3.63, 3.8) is 0 Å². The van der Waals surface area contributed by atoms with Crippen LogP contribution in [-0.2, 0) is 13.0 Å². The van der Waals surface area contributed by atoms with Gasteiger partial charge in [-0.25, -0.2) is 4.98 Å². The average molecular weight is 387 g/mol. The van der Waals surface area contributed by atoms with Gasteiger partial charge in [-0.3, -0.25) is 4.79 Å². The summed E-state index contributed by atoms with van der Waals surface area (Å²) in [4.78, 5) is 21.5. The molecular formula is C19H24N5O2S+. The Labute approximate surface area is 161 Å². The molecule has 0 amide bonds. The van der Waals surface area contributed by atoms with E-state index in [0.29, 0.717) is 4.96 Å². The third kappa shape index (κ3) is 3.68. The first-order valence-corrected chi connectivity index (χ1v) is 10.1. The molecule has 0 unspecified atom stereocenters. The van der Waals surface area contributed by atoms with Crippen LogP contribution >= 0.6 is 11.3 Å². The van der Waals surface area contributed by atoms with Gasteiger partial charge in [0.1, 0.15) is 23.0 Å². The van der Waals surface area contributed by atoms with E-state index in [4.69, 9.17) is 4.74 Å². The summed E-state index contributed by atoms with van der Waals surface area (Å²) in [5.41, 5.74) is 1.92. The van der Waals surface area contributed by atoms with Gasteiger partial charge in [0, 0.05) is 6.07 Å². The molecule has 2 aromatic heterocycles. The SMILES string of the molecule is CCc1nn2c(=O)cc(C[NH+]3CCN(c4ccccc4OC)CC3)nc2s1. The smallest absolute Gasteiger partial charge is 0.275 e. The van der Waals surface area contributed by atoms with Crippen LogP contribution in [0.4, 0.5) is 5.69 Å². The maximum atomic E-state index is 12.3. The Morgan fingerprint density at radius 3 is 2.78 bits per heavy atom. The molecule has 0 radical (unpaired) electrons. The van der Waals surface area contributed by atoms with Crippen molar-refractivity contribution in [1.82, 2.24) is 14.6 Å². The predicted molar refractivity (Wildman–Crippen MR) is 106 cm³/mol. The third-order valence-electron chi connectivity index (χ3n) is 4.97. The number of hydrogen-bond acceptors (Lipinski definition) is 6. The summed E-state index contributed by atoms with van der Waals surface area (Å²) in [5.74, 6) is 0.915. The molecule has 8 heteroatoms. The summed E-state index contributed by atoms with van der Waals surface area (Å²) < 4.78 is 6.90. The Bertz CT molecular complexity index is 991. The zero-order valence-electron chi connectivity index (χ0n) is 15.6. The second kappa shape index (κ2) is 7.66. The number of rotatable bonds is 5. The summed E-state index contributed by atoms with van der Waals surface area (Å²) in [5, 5.41) is 5.25. The number of piperazine rings is 1. The van der Waals surface area contributed by atoms with Crippen molar-refractivity contribution in [2.45, 2.75) is 19.9 Å². The highest BCUT2D eigenvalue weighted by Crippen LogP contribution is 2.27. The molecule has 1 aromatic carbocycles. The van der Waals surface area contributed by atoms with Crippen molar-refractivity contribution in [2.75, 3.05) is 38.2 Å². The van der Waals surface area contributed by atoms with Gasteiger partial charge in [0.05, 0.1) is 39.0 Å². The van der Waals surface area contributed by atoms with Crippen LogP contribution in [0.15, 0.2) is 35.1 Å². The first-order chi connectivity index (χ1) is 13.2. The van der Waals surface area contributed by atoms with Crippen LogP contribution in [0.5, 0.6) is 5.75 Å². The van der Waals surface area contributed by atoms with Crippen molar-refractivity contribution < 1.29 is 9.64 Å². The zero-order valence-corrected chi connectivity index (χ0v) is 16.5. The standard InChI is InChI=1S/C19H23N5O2S/c1-3-17-21-24-18(25)12-14(20-19(24)27-17)13-22-8-10-23(11-9-22)15-6-4-5-7-16(15)26-2/h4-7,12H,3,8-11,13H2,1-2H3/p+1. The minimum absolute atomic E-state index is 0.0852. The second-order valence-electron chi connectivity index (χ2n) is 6.72. The van der Waals surface area contributed by atoms with Crippen LogP contribution in [0.2, 0.25) is 0 Å². The van der Waals surface area contributed by atoms with Crippen LogP contribution in [0, 0.1) is 0 Å². The molecule has 0 atom stereocenters. The van der Waals surface area contributed by atoms with Gasteiger partial charge in [0.15, 0.2) is 0 Å². The van der Waals surface area contributed by atoms with Crippen LogP contribution in [-0.4, -0.2) is 47.9 Å². The number of nitrogens with one attached hydrogen (secondary N) is 1. The Morgan fingerprint density at radius 2 is 2.04 bits per heavy atom. The number of benzene rings is 1. The molecular weight excluding hydrogens is 362 g/mol. The number of hydrogen-bond donors (Lipinski definition) is 1. The number of methoxy groups -OCH3 is 1. The number of nitrogens with zero attached hydrogens (tertiary/aromatic N) is 4. The Morgan fingerprint density at radius 1 is 1.26 bits per heavy atom. The maximum absolute atomic E-state index is 12.3. The molecule has 1 N–H and O–H groups in total. The molecule has 0 aliphatic carbocycles. The van der Waals surface area contributed by atoms with Crippen molar-refractivity contribution in [3.05, 3.63) is 51.4 Å². The molecule has 4 rings (SSSR count). The van der Waals surface area contributed by atoms with Gasteiger partial charge in [-0.15, -0.1) is 0 Å². The van der Waals surface area contributed by atoms with E-state index in [0.717, 1.165) is 61.3 Å². The molecule has 1 aliphatic rings. The topological polar surface area (TPSA) is 64.2 Å². The molecule has 1 aliphatic heterocycles. The van der Waals surface area contributed by atoms with E-state index >= 15 is 0 Å². The van der Waals surface area contributed by atoms with E-state index < -0.39 is 0 Å². The molecule has 0 saturated carbocycles. The molecule has 27 heavy (non-hydrogen) atoms. The van der Waals surface area contributed by atoms with E-state index in [1.165, 1.54) is 20.8 Å². The van der Waals surface area contributed by atoms with Crippen molar-refractivity contribution in [2.24, 2.45) is 0 Å². The van der Waals surface area contributed by atoms with Gasteiger partial charge in [-0.1, -0.05) is 30.4 Å². The van der Waals surface area contributed by atoms with Gasteiger partial charge >= 0.3 is 0 Å². The summed E-state index contributed by atoms with van der Waals surface area (Å²) >= 11 is 1.50. The van der Waals surface area contributed by atoms with Crippen molar-refractivity contribution >= 4 is 22.0 Å². The molecule has 0 bridgehead atoms. The zero-order chi connectivity index (χ0) is 18.8.